The Bertz CT molecular complexity index is 1930. The number of fused-ring (bicyclic) bond motifs is 3. The number of rotatable bonds is 5. The molecule has 3 aromatic carbocycles. The standard InChI is InChI=1S/C37H32N4O5/c1-20-18-31(43)34-29(35(20)44)19-28-25(32(34)26-6-4-5-7-30(26)42)16-17-27-33(28)37(46)41(36(27)45)24-14-10-22(11-15-24)39-38-21-8-12-23(13-9-21)40(2)3/h4-16,18,27-28,32-33,42H,17,19H2,1-3H3/t27-,28+,32+,33-/m0/s1. The van der Waals surface area contributed by atoms with Crippen molar-refractivity contribution >= 4 is 46.1 Å². The van der Waals surface area contributed by atoms with E-state index in [0.717, 1.165) is 11.3 Å². The Morgan fingerprint density at radius 2 is 1.48 bits per heavy atom. The third-order valence-electron chi connectivity index (χ3n) is 9.56. The molecule has 0 radical (unpaired) electrons. The van der Waals surface area contributed by atoms with E-state index in [4.69, 9.17) is 0 Å². The Morgan fingerprint density at radius 1 is 0.826 bits per heavy atom. The maximum Gasteiger partial charge on any atom is 0.238 e. The predicted molar refractivity (Wildman–Crippen MR) is 173 cm³/mol. The minimum Gasteiger partial charge on any atom is -0.508 e. The highest BCUT2D eigenvalue weighted by Crippen LogP contribution is 2.56. The number of ketones is 2. The van der Waals surface area contributed by atoms with Crippen molar-refractivity contribution in [1.29, 1.82) is 0 Å². The molecular weight excluding hydrogens is 580 g/mol. The SMILES string of the molecule is CC1=CC(=O)C2=C(C[C@@H]3C(=CC[C@@H]4C(=O)N(c5ccc(N=Nc6ccc(N(C)C)cc6)cc5)C(=O)[C@@H]43)[C@@H]2c2ccccc2O)C1=O. The Balaban J connectivity index is 1.19. The van der Waals surface area contributed by atoms with Gasteiger partial charge in [-0.1, -0.05) is 29.8 Å². The van der Waals surface area contributed by atoms with Crippen LogP contribution >= 0.6 is 0 Å². The van der Waals surface area contributed by atoms with Gasteiger partial charge in [-0.25, -0.2) is 0 Å². The van der Waals surface area contributed by atoms with E-state index in [1.54, 1.807) is 55.5 Å². The summed E-state index contributed by atoms with van der Waals surface area (Å²) in [5.41, 5.74) is 5.13. The molecular formula is C37H32N4O5. The lowest BCUT2D eigenvalue weighted by Gasteiger charge is -2.42. The molecule has 9 nitrogen and oxygen atoms in total. The molecule has 3 aromatic rings. The van der Waals surface area contributed by atoms with Crippen LogP contribution in [0.1, 0.15) is 31.2 Å². The van der Waals surface area contributed by atoms with Crippen molar-refractivity contribution in [3.8, 4) is 5.75 Å². The Hall–Kier alpha value is -5.44. The first-order valence-corrected chi connectivity index (χ1v) is 15.3. The van der Waals surface area contributed by atoms with E-state index < -0.39 is 23.7 Å². The van der Waals surface area contributed by atoms with Gasteiger partial charge in [0.05, 0.1) is 28.9 Å². The summed E-state index contributed by atoms with van der Waals surface area (Å²) < 4.78 is 0. The van der Waals surface area contributed by atoms with Crippen molar-refractivity contribution in [2.45, 2.75) is 25.7 Å². The molecule has 4 aliphatic rings. The smallest absolute Gasteiger partial charge is 0.238 e. The highest BCUT2D eigenvalue weighted by atomic mass is 16.3. The number of allylic oxidation sites excluding steroid dienone is 6. The third kappa shape index (κ3) is 4.70. The maximum atomic E-state index is 14.2. The van der Waals surface area contributed by atoms with Crippen LogP contribution in [0, 0.1) is 17.8 Å². The minimum atomic E-state index is -0.700. The molecule has 1 saturated heterocycles. The second kappa shape index (κ2) is 11.2. The van der Waals surface area contributed by atoms with Gasteiger partial charge in [-0.05, 0) is 86.4 Å². The van der Waals surface area contributed by atoms with Crippen LogP contribution in [0.15, 0.2) is 117 Å². The zero-order valence-corrected chi connectivity index (χ0v) is 25.7. The van der Waals surface area contributed by atoms with E-state index >= 15 is 0 Å². The molecule has 0 aromatic heterocycles. The topological polar surface area (TPSA) is 120 Å². The van der Waals surface area contributed by atoms with Crippen molar-refractivity contribution in [3.05, 3.63) is 113 Å². The number of phenolic OH excluding ortho intramolecular Hbond substituents is 1. The summed E-state index contributed by atoms with van der Waals surface area (Å²) in [6.07, 6.45) is 3.81. The molecule has 0 saturated carbocycles. The van der Waals surface area contributed by atoms with Crippen molar-refractivity contribution in [2.24, 2.45) is 28.0 Å². The molecule has 1 N–H and O–H groups in total. The molecule has 4 atom stereocenters. The summed E-state index contributed by atoms with van der Waals surface area (Å²) >= 11 is 0. The van der Waals surface area contributed by atoms with Gasteiger partial charge in [-0.2, -0.15) is 10.2 Å². The number of hydrogen-bond donors (Lipinski definition) is 1. The molecule has 9 heteroatoms. The summed E-state index contributed by atoms with van der Waals surface area (Å²) in [6, 6.07) is 21.2. The van der Waals surface area contributed by atoms with Crippen LogP contribution in [0.3, 0.4) is 0 Å². The number of amides is 2. The van der Waals surface area contributed by atoms with Gasteiger partial charge in [0, 0.05) is 48.0 Å². The number of aromatic hydroxyl groups is 1. The number of phenols is 1. The highest BCUT2D eigenvalue weighted by molar-refractivity contribution is 6.25. The molecule has 0 spiro atoms. The molecule has 3 aliphatic carbocycles. The van der Waals surface area contributed by atoms with Crippen molar-refractivity contribution in [1.82, 2.24) is 0 Å². The van der Waals surface area contributed by atoms with Crippen LogP contribution in [-0.2, 0) is 19.2 Å². The molecule has 46 heavy (non-hydrogen) atoms. The number of benzene rings is 3. The lowest BCUT2D eigenvalue weighted by atomic mass is 9.59. The Labute approximate surface area is 266 Å². The zero-order valence-electron chi connectivity index (χ0n) is 25.7. The van der Waals surface area contributed by atoms with E-state index in [0.29, 0.717) is 45.8 Å². The summed E-state index contributed by atoms with van der Waals surface area (Å²) in [7, 11) is 3.93. The van der Waals surface area contributed by atoms with Crippen LogP contribution in [-0.4, -0.2) is 42.6 Å². The van der Waals surface area contributed by atoms with Crippen molar-refractivity contribution < 1.29 is 24.3 Å². The van der Waals surface area contributed by atoms with E-state index in [1.165, 1.54) is 11.0 Å². The summed E-state index contributed by atoms with van der Waals surface area (Å²) in [6.45, 7) is 1.62. The van der Waals surface area contributed by atoms with Gasteiger partial charge in [0.15, 0.2) is 11.6 Å². The molecule has 1 fully saturated rings. The van der Waals surface area contributed by atoms with Crippen LogP contribution in [0.5, 0.6) is 5.75 Å². The van der Waals surface area contributed by atoms with Crippen LogP contribution in [0.4, 0.5) is 22.7 Å². The number of carbonyl (C=O) groups is 4. The number of hydrogen-bond acceptors (Lipinski definition) is 8. The number of carbonyl (C=O) groups excluding carboxylic acids is 4. The number of nitrogens with zero attached hydrogens (tertiary/aromatic N) is 4. The van der Waals surface area contributed by atoms with Gasteiger partial charge in [-0.15, -0.1) is 0 Å². The molecule has 0 bridgehead atoms. The maximum absolute atomic E-state index is 14.2. The molecule has 7 rings (SSSR count). The van der Waals surface area contributed by atoms with Gasteiger partial charge >= 0.3 is 0 Å². The molecule has 230 valence electrons. The van der Waals surface area contributed by atoms with Crippen molar-refractivity contribution in [2.75, 3.05) is 23.9 Å². The number of azo groups is 1. The lowest BCUT2D eigenvalue weighted by molar-refractivity contribution is -0.123. The van der Waals surface area contributed by atoms with Gasteiger partial charge in [-0.3, -0.25) is 24.1 Å². The quantitative estimate of drug-likeness (QED) is 0.152. The van der Waals surface area contributed by atoms with E-state index in [-0.39, 0.29) is 35.6 Å². The average Bonchev–Trinajstić information content (AvgIpc) is 3.31. The average molecular weight is 613 g/mol. The van der Waals surface area contributed by atoms with Crippen molar-refractivity contribution in [3.63, 3.8) is 0 Å². The van der Waals surface area contributed by atoms with Gasteiger partial charge < -0.3 is 10.0 Å². The second-order valence-electron chi connectivity index (χ2n) is 12.4. The normalized spacial score (nSPS) is 24.1. The van der Waals surface area contributed by atoms with E-state index in [2.05, 4.69) is 10.2 Å². The fourth-order valence-corrected chi connectivity index (χ4v) is 7.32. The van der Waals surface area contributed by atoms with E-state index in [9.17, 15) is 24.3 Å². The first-order valence-electron chi connectivity index (χ1n) is 15.3. The van der Waals surface area contributed by atoms with Crippen LogP contribution < -0.4 is 9.80 Å². The second-order valence-corrected chi connectivity index (χ2v) is 12.4. The number of imide groups is 1. The Kier molecular flexibility index (Phi) is 7.11. The summed E-state index contributed by atoms with van der Waals surface area (Å²) in [5.74, 6) is -3.56. The Morgan fingerprint density at radius 3 is 2.13 bits per heavy atom. The first kappa shape index (κ1) is 29.3. The predicted octanol–water partition coefficient (Wildman–Crippen LogP) is 6.51. The number of anilines is 2. The monoisotopic (exact) mass is 612 g/mol. The molecule has 0 unspecified atom stereocenters. The first-order chi connectivity index (χ1) is 22.1. The molecule has 2 amide bonds. The zero-order chi connectivity index (χ0) is 32.3. The largest absolute Gasteiger partial charge is 0.508 e. The highest BCUT2D eigenvalue weighted by Gasteiger charge is 2.56. The summed E-state index contributed by atoms with van der Waals surface area (Å²) in [5, 5.41) is 19.5. The van der Waals surface area contributed by atoms with Crippen LogP contribution in [0.25, 0.3) is 0 Å². The molecule has 1 aliphatic heterocycles. The fourth-order valence-electron chi connectivity index (χ4n) is 7.32. The van der Waals surface area contributed by atoms with Gasteiger partial charge in [0.25, 0.3) is 0 Å². The van der Waals surface area contributed by atoms with Gasteiger partial charge in [0.1, 0.15) is 5.75 Å². The van der Waals surface area contributed by atoms with Gasteiger partial charge in [0.2, 0.25) is 11.8 Å². The number of para-hydroxylation sites is 1. The molecule has 1 heterocycles. The third-order valence-corrected chi connectivity index (χ3v) is 9.56. The van der Waals surface area contributed by atoms with E-state index in [1.807, 2.05) is 49.3 Å². The van der Waals surface area contributed by atoms with Crippen LogP contribution in [0.2, 0.25) is 0 Å². The minimum absolute atomic E-state index is 0.00724. The fraction of sp³-hybridized carbons (Fsp3) is 0.243. The lowest BCUT2D eigenvalue weighted by Crippen LogP contribution is -2.39. The summed E-state index contributed by atoms with van der Waals surface area (Å²) in [4.78, 5) is 58.0. The number of Topliss-reactive ketones (excluding diaryl/α,β-unsaturated/α-hetero) is 1.